The largest absolute Gasteiger partial charge is 0.397 e. The lowest BCUT2D eigenvalue weighted by Crippen LogP contribution is -2.59. The molecule has 4 saturated carbocycles. The highest BCUT2D eigenvalue weighted by Crippen LogP contribution is 2.67. The Labute approximate surface area is 287 Å². The van der Waals surface area contributed by atoms with Crippen molar-refractivity contribution < 1.29 is 22.3 Å². The van der Waals surface area contributed by atoms with Gasteiger partial charge in [-0.2, -0.15) is 8.42 Å². The molecular weight excluding hydrogens is 614 g/mol. The van der Waals surface area contributed by atoms with E-state index in [9.17, 15) is 18.1 Å². The molecular formula is C36H71N5O5S. The first kappa shape index (κ1) is 39.4. The highest BCUT2D eigenvalue weighted by molar-refractivity contribution is 7.80. The molecule has 0 amide bonds. The molecule has 47 heavy (non-hydrogen) atoms. The van der Waals surface area contributed by atoms with Crippen LogP contribution in [0.2, 0.25) is 0 Å². The van der Waals surface area contributed by atoms with Crippen molar-refractivity contribution in [2.24, 2.45) is 57.8 Å². The molecule has 3 unspecified atom stereocenters. The molecule has 276 valence electrons. The van der Waals surface area contributed by atoms with Gasteiger partial charge in [-0.25, -0.2) is 4.18 Å². The van der Waals surface area contributed by atoms with E-state index >= 15 is 0 Å². The van der Waals surface area contributed by atoms with Gasteiger partial charge in [0.1, 0.15) is 0 Å². The molecule has 0 heterocycles. The standard InChI is InChI=1S/C36H71N5O5S/c1-25(2)33(46-47(43,44)45)12-11-31(38)28-9-10-29-34-30(14-16-36(28,29)4)35(3)15-13-27(23-26(35)24-32(34)42)41-22-8-21-40-19-6-5-18-39-20-7-17-37/h25-34,39-42H,5-24,37-38H2,1-4H3,(H,43,44,45)/t26-,27+,28-,29?,30?,31-,32-,33-,34?,35+,36-/m1/s1. The van der Waals surface area contributed by atoms with Crippen LogP contribution in [0.5, 0.6) is 0 Å². The Morgan fingerprint density at radius 3 is 2.15 bits per heavy atom. The third-order valence-corrected chi connectivity index (χ3v) is 14.0. The van der Waals surface area contributed by atoms with Gasteiger partial charge in [0.25, 0.3) is 0 Å². The van der Waals surface area contributed by atoms with E-state index in [2.05, 4.69) is 29.8 Å². The molecule has 0 saturated heterocycles. The molecule has 0 aliphatic heterocycles. The molecule has 11 heteroatoms. The Morgan fingerprint density at radius 1 is 0.851 bits per heavy atom. The Balaban J connectivity index is 1.23. The van der Waals surface area contributed by atoms with E-state index < -0.39 is 16.5 Å². The minimum atomic E-state index is -4.50. The van der Waals surface area contributed by atoms with Crippen molar-refractivity contribution >= 4 is 10.4 Å². The van der Waals surface area contributed by atoms with E-state index in [-0.39, 0.29) is 23.5 Å². The summed E-state index contributed by atoms with van der Waals surface area (Å²) in [5.74, 6) is 2.27. The number of nitrogens with two attached hydrogens (primary N) is 2. The Bertz CT molecular complexity index is 1050. The number of aliphatic hydroxyl groups excluding tert-OH is 1. The lowest BCUT2D eigenvalue weighted by molar-refractivity contribution is -0.165. The van der Waals surface area contributed by atoms with Gasteiger partial charge in [-0.3, -0.25) is 4.55 Å². The highest BCUT2D eigenvalue weighted by Gasteiger charge is 2.63. The normalized spacial score (nSPS) is 36.9. The van der Waals surface area contributed by atoms with Crippen molar-refractivity contribution in [3.63, 3.8) is 0 Å². The molecule has 0 spiro atoms. The number of aliphatic hydroxyl groups is 1. The van der Waals surface area contributed by atoms with Crippen LogP contribution in [-0.2, 0) is 14.6 Å². The average Bonchev–Trinajstić information content (AvgIpc) is 3.36. The van der Waals surface area contributed by atoms with Crippen molar-refractivity contribution in [2.75, 3.05) is 39.3 Å². The summed E-state index contributed by atoms with van der Waals surface area (Å²) in [5, 5.41) is 22.7. The van der Waals surface area contributed by atoms with E-state index in [4.69, 9.17) is 15.7 Å². The van der Waals surface area contributed by atoms with E-state index in [1.54, 1.807) is 0 Å². The van der Waals surface area contributed by atoms with E-state index in [0.29, 0.717) is 53.9 Å². The monoisotopic (exact) mass is 686 g/mol. The molecule has 11 atom stereocenters. The summed E-state index contributed by atoms with van der Waals surface area (Å²) >= 11 is 0. The van der Waals surface area contributed by atoms with E-state index in [1.807, 2.05) is 13.8 Å². The molecule has 0 aromatic rings. The minimum absolute atomic E-state index is 0.0419. The van der Waals surface area contributed by atoms with Crippen LogP contribution >= 0.6 is 0 Å². The molecule has 4 rings (SSSR count). The fraction of sp³-hybridized carbons (Fsp3) is 1.00. The van der Waals surface area contributed by atoms with E-state index in [0.717, 1.165) is 77.8 Å². The second kappa shape index (κ2) is 17.7. The van der Waals surface area contributed by atoms with Gasteiger partial charge < -0.3 is 32.5 Å². The smallest absolute Gasteiger partial charge is 0.393 e. The van der Waals surface area contributed by atoms with Crippen molar-refractivity contribution in [3.8, 4) is 0 Å². The van der Waals surface area contributed by atoms with Gasteiger partial charge in [0.15, 0.2) is 0 Å². The lowest BCUT2D eigenvalue weighted by Gasteiger charge is -2.62. The summed E-state index contributed by atoms with van der Waals surface area (Å²) < 4.78 is 37.0. The van der Waals surface area contributed by atoms with Crippen LogP contribution in [0.15, 0.2) is 0 Å². The molecule has 0 aromatic carbocycles. The first-order valence-electron chi connectivity index (χ1n) is 19.2. The van der Waals surface area contributed by atoms with Crippen LogP contribution in [0, 0.1) is 46.3 Å². The zero-order valence-electron chi connectivity index (χ0n) is 30.1. The van der Waals surface area contributed by atoms with Gasteiger partial charge in [0.05, 0.1) is 12.2 Å². The van der Waals surface area contributed by atoms with E-state index in [1.165, 1.54) is 38.5 Å². The van der Waals surface area contributed by atoms with Crippen molar-refractivity contribution in [1.82, 2.24) is 16.0 Å². The van der Waals surface area contributed by atoms with Crippen LogP contribution in [-0.4, -0.2) is 81.6 Å². The number of unbranched alkanes of at least 4 members (excludes halogenated alkanes) is 1. The number of rotatable bonds is 20. The molecule has 0 bridgehead atoms. The molecule has 4 aliphatic carbocycles. The number of hydrogen-bond donors (Lipinski definition) is 7. The first-order chi connectivity index (χ1) is 22.3. The van der Waals surface area contributed by atoms with Crippen LogP contribution in [0.1, 0.15) is 118 Å². The zero-order valence-corrected chi connectivity index (χ0v) is 30.9. The number of fused-ring (bicyclic) bond motifs is 5. The Morgan fingerprint density at radius 2 is 1.49 bits per heavy atom. The van der Waals surface area contributed by atoms with Crippen molar-refractivity contribution in [1.29, 1.82) is 0 Å². The summed E-state index contributed by atoms with van der Waals surface area (Å²) in [4.78, 5) is 0. The highest BCUT2D eigenvalue weighted by atomic mass is 32.3. The van der Waals surface area contributed by atoms with Gasteiger partial charge >= 0.3 is 10.4 Å². The second-order valence-corrected chi connectivity index (χ2v) is 17.7. The predicted octanol–water partition coefficient (Wildman–Crippen LogP) is 4.22. The van der Waals surface area contributed by atoms with Crippen molar-refractivity contribution in [2.45, 2.75) is 142 Å². The predicted molar refractivity (Wildman–Crippen MR) is 190 cm³/mol. The maximum atomic E-state index is 11.8. The van der Waals surface area contributed by atoms with Gasteiger partial charge in [-0.05, 0) is 175 Å². The maximum absolute atomic E-state index is 11.8. The molecule has 10 nitrogen and oxygen atoms in total. The molecule has 9 N–H and O–H groups in total. The summed E-state index contributed by atoms with van der Waals surface area (Å²) in [6.45, 7) is 14.9. The summed E-state index contributed by atoms with van der Waals surface area (Å²) in [7, 11) is -4.50. The fourth-order valence-corrected chi connectivity index (χ4v) is 11.5. The SMILES string of the molecule is CC(C)[C@@H](CC[C@@H](N)[C@H]1CCC2C3C(CC[C@@]21C)[C@@]1(C)CC[C@H](NCCCNCCCCNCCCN)C[C@@H]1C[C@H]3O)OS(=O)(=O)O. The Kier molecular flexibility index (Phi) is 14.9. The first-order valence-corrected chi connectivity index (χ1v) is 20.6. The third kappa shape index (κ3) is 10.1. The quantitative estimate of drug-likeness (QED) is 0.0727. The van der Waals surface area contributed by atoms with Crippen LogP contribution in [0.25, 0.3) is 0 Å². The summed E-state index contributed by atoms with van der Waals surface area (Å²) in [6, 6.07) is 0.501. The Hall–Kier alpha value is -0.370. The zero-order chi connectivity index (χ0) is 34.2. The van der Waals surface area contributed by atoms with Gasteiger partial charge in [0.2, 0.25) is 0 Å². The topological polar surface area (TPSA) is 172 Å². The van der Waals surface area contributed by atoms with Crippen LogP contribution in [0.4, 0.5) is 0 Å². The molecule has 0 radical (unpaired) electrons. The molecule has 0 aromatic heterocycles. The van der Waals surface area contributed by atoms with Gasteiger partial charge in [-0.1, -0.05) is 27.7 Å². The number of nitrogens with one attached hydrogen (secondary N) is 3. The molecule has 4 fully saturated rings. The average molecular weight is 686 g/mol. The maximum Gasteiger partial charge on any atom is 0.397 e. The molecule has 4 aliphatic rings. The van der Waals surface area contributed by atoms with Crippen LogP contribution in [0.3, 0.4) is 0 Å². The minimum Gasteiger partial charge on any atom is -0.393 e. The summed E-state index contributed by atoms with van der Waals surface area (Å²) in [6.07, 6.45) is 14.0. The van der Waals surface area contributed by atoms with Crippen LogP contribution < -0.4 is 27.4 Å². The number of hydrogen-bond acceptors (Lipinski definition) is 9. The van der Waals surface area contributed by atoms with Gasteiger partial charge in [-0.15, -0.1) is 0 Å². The van der Waals surface area contributed by atoms with Crippen molar-refractivity contribution in [3.05, 3.63) is 0 Å². The fourth-order valence-electron chi connectivity index (χ4n) is 10.9. The lowest BCUT2D eigenvalue weighted by atomic mass is 9.43. The third-order valence-electron chi connectivity index (χ3n) is 13.5. The second-order valence-electron chi connectivity index (χ2n) is 16.7. The summed E-state index contributed by atoms with van der Waals surface area (Å²) in [5.41, 5.74) is 12.8. The van der Waals surface area contributed by atoms with Gasteiger partial charge in [0, 0.05) is 12.1 Å².